The van der Waals surface area contributed by atoms with E-state index in [1.54, 1.807) is 0 Å². The largest absolute Gasteiger partial charge is 0.481 e. The third-order valence-electron chi connectivity index (χ3n) is 4.89. The quantitative estimate of drug-likeness (QED) is 0.804. The minimum absolute atomic E-state index is 0.0195. The van der Waals surface area contributed by atoms with E-state index in [1.165, 1.54) is 0 Å². The molecule has 6 nitrogen and oxygen atoms in total. The van der Waals surface area contributed by atoms with Crippen LogP contribution in [0.5, 0.6) is 0 Å². The average Bonchev–Trinajstić information content (AvgIpc) is 3.09. The summed E-state index contributed by atoms with van der Waals surface area (Å²) in [5.74, 6) is -1.04. The van der Waals surface area contributed by atoms with Crippen LogP contribution in [0.25, 0.3) is 0 Å². The standard InChI is InChI=1S/C15H27N3O3/c1-3-17(4-2)13-7-8-18(10-13)15(21)16-12-6-5-11(9-12)14(19)20/h11-13H,3-10H2,1-2H3,(H,16,21)(H,19,20)/t11-,12+,13?/m1/s1. The third-order valence-corrected chi connectivity index (χ3v) is 4.89. The van der Waals surface area contributed by atoms with Gasteiger partial charge in [-0.25, -0.2) is 4.79 Å². The van der Waals surface area contributed by atoms with Crippen LogP contribution in [-0.2, 0) is 4.79 Å². The Bertz CT molecular complexity index is 384. The van der Waals surface area contributed by atoms with Crippen LogP contribution in [0.1, 0.15) is 39.5 Å². The van der Waals surface area contributed by atoms with Gasteiger partial charge in [0, 0.05) is 25.2 Å². The first kappa shape index (κ1) is 16.1. The monoisotopic (exact) mass is 297 g/mol. The van der Waals surface area contributed by atoms with E-state index in [1.807, 2.05) is 4.90 Å². The highest BCUT2D eigenvalue weighted by Crippen LogP contribution is 2.26. The highest BCUT2D eigenvalue weighted by Gasteiger charge is 2.33. The lowest BCUT2D eigenvalue weighted by atomic mass is 10.1. The predicted octanol–water partition coefficient (Wildman–Crippen LogP) is 1.37. The van der Waals surface area contributed by atoms with Gasteiger partial charge < -0.3 is 15.3 Å². The molecule has 1 unspecified atom stereocenters. The van der Waals surface area contributed by atoms with Gasteiger partial charge in [-0.15, -0.1) is 0 Å². The second kappa shape index (κ2) is 7.11. The first-order valence-electron chi connectivity index (χ1n) is 8.07. The third kappa shape index (κ3) is 3.87. The molecule has 0 spiro atoms. The minimum Gasteiger partial charge on any atom is -0.481 e. The maximum atomic E-state index is 12.3. The van der Waals surface area contributed by atoms with Crippen molar-refractivity contribution in [3.05, 3.63) is 0 Å². The highest BCUT2D eigenvalue weighted by molar-refractivity contribution is 5.75. The van der Waals surface area contributed by atoms with Crippen molar-refractivity contribution in [2.45, 2.75) is 51.6 Å². The first-order chi connectivity index (χ1) is 10.0. The molecule has 1 saturated heterocycles. The van der Waals surface area contributed by atoms with E-state index in [0.717, 1.165) is 39.0 Å². The molecule has 2 rings (SSSR count). The molecular weight excluding hydrogens is 270 g/mol. The zero-order valence-electron chi connectivity index (χ0n) is 13.0. The SMILES string of the molecule is CCN(CC)C1CCN(C(=O)N[C@H]2CC[C@@H](C(=O)O)C2)C1. The smallest absolute Gasteiger partial charge is 0.317 e. The van der Waals surface area contributed by atoms with Crippen LogP contribution in [-0.4, -0.2) is 65.2 Å². The van der Waals surface area contributed by atoms with E-state index in [0.29, 0.717) is 18.9 Å². The van der Waals surface area contributed by atoms with Crippen molar-refractivity contribution in [1.82, 2.24) is 15.1 Å². The molecule has 1 heterocycles. The van der Waals surface area contributed by atoms with Crippen molar-refractivity contribution in [2.75, 3.05) is 26.2 Å². The number of nitrogens with zero attached hydrogens (tertiary/aromatic N) is 2. The summed E-state index contributed by atoms with van der Waals surface area (Å²) in [5, 5.41) is 12.0. The number of likely N-dealkylation sites (N-methyl/N-ethyl adjacent to an activating group) is 1. The van der Waals surface area contributed by atoms with E-state index < -0.39 is 5.97 Å². The van der Waals surface area contributed by atoms with Gasteiger partial charge in [0.1, 0.15) is 0 Å². The van der Waals surface area contributed by atoms with E-state index in [-0.39, 0.29) is 18.0 Å². The van der Waals surface area contributed by atoms with Crippen molar-refractivity contribution in [2.24, 2.45) is 5.92 Å². The molecule has 6 heteroatoms. The Kier molecular flexibility index (Phi) is 5.45. The normalized spacial score (nSPS) is 29.1. The number of likely N-dealkylation sites (tertiary alicyclic amines) is 1. The van der Waals surface area contributed by atoms with Gasteiger partial charge in [-0.3, -0.25) is 9.69 Å². The first-order valence-corrected chi connectivity index (χ1v) is 8.07. The molecule has 0 aromatic carbocycles. The molecule has 1 aliphatic heterocycles. The molecule has 21 heavy (non-hydrogen) atoms. The van der Waals surface area contributed by atoms with Crippen molar-refractivity contribution >= 4 is 12.0 Å². The van der Waals surface area contributed by atoms with E-state index in [2.05, 4.69) is 24.1 Å². The van der Waals surface area contributed by atoms with Gasteiger partial charge in [0.15, 0.2) is 0 Å². The molecule has 1 aliphatic carbocycles. The van der Waals surface area contributed by atoms with Crippen molar-refractivity contribution < 1.29 is 14.7 Å². The number of hydrogen-bond donors (Lipinski definition) is 2. The van der Waals surface area contributed by atoms with Crippen molar-refractivity contribution in [3.63, 3.8) is 0 Å². The second-order valence-corrected chi connectivity index (χ2v) is 6.10. The molecule has 0 aromatic rings. The molecule has 120 valence electrons. The van der Waals surface area contributed by atoms with Gasteiger partial charge in [0.25, 0.3) is 0 Å². The van der Waals surface area contributed by atoms with Crippen LogP contribution in [0.3, 0.4) is 0 Å². The van der Waals surface area contributed by atoms with Gasteiger partial charge in [0.2, 0.25) is 0 Å². The number of aliphatic carboxylic acids is 1. The van der Waals surface area contributed by atoms with Gasteiger partial charge in [0.05, 0.1) is 5.92 Å². The molecule has 1 saturated carbocycles. The zero-order valence-corrected chi connectivity index (χ0v) is 13.0. The summed E-state index contributed by atoms with van der Waals surface area (Å²) in [6.07, 6.45) is 3.03. The maximum Gasteiger partial charge on any atom is 0.317 e. The molecule has 2 N–H and O–H groups in total. The summed E-state index contributed by atoms with van der Waals surface area (Å²) in [7, 11) is 0. The van der Waals surface area contributed by atoms with Crippen molar-refractivity contribution in [1.29, 1.82) is 0 Å². The van der Waals surface area contributed by atoms with Gasteiger partial charge in [-0.2, -0.15) is 0 Å². The minimum atomic E-state index is -0.741. The molecule has 2 amide bonds. The Labute approximate surface area is 126 Å². The number of carboxylic acid groups (broad SMARTS) is 1. The number of urea groups is 1. The van der Waals surface area contributed by atoms with Gasteiger partial charge in [-0.1, -0.05) is 13.8 Å². The Balaban J connectivity index is 1.79. The summed E-state index contributed by atoms with van der Waals surface area (Å²) >= 11 is 0. The Hall–Kier alpha value is -1.30. The highest BCUT2D eigenvalue weighted by atomic mass is 16.4. The lowest BCUT2D eigenvalue weighted by Crippen LogP contribution is -2.45. The topological polar surface area (TPSA) is 72.9 Å². The summed E-state index contributed by atoms with van der Waals surface area (Å²) in [6, 6.07) is 0.452. The summed E-state index contributed by atoms with van der Waals surface area (Å²) in [4.78, 5) is 27.5. The van der Waals surface area contributed by atoms with E-state index >= 15 is 0 Å². The molecule has 2 fully saturated rings. The van der Waals surface area contributed by atoms with Gasteiger partial charge >= 0.3 is 12.0 Å². The fourth-order valence-corrected chi connectivity index (χ4v) is 3.57. The lowest BCUT2D eigenvalue weighted by molar-refractivity contribution is -0.141. The fourth-order valence-electron chi connectivity index (χ4n) is 3.57. The van der Waals surface area contributed by atoms with E-state index in [4.69, 9.17) is 5.11 Å². The molecule has 2 aliphatic rings. The molecule has 0 aromatic heterocycles. The molecule has 0 bridgehead atoms. The zero-order chi connectivity index (χ0) is 15.4. The van der Waals surface area contributed by atoms with Crippen LogP contribution in [0, 0.1) is 5.92 Å². The van der Waals surface area contributed by atoms with Crippen LogP contribution >= 0.6 is 0 Å². The fraction of sp³-hybridized carbons (Fsp3) is 0.867. The number of carbonyl (C=O) groups excluding carboxylic acids is 1. The summed E-state index contributed by atoms with van der Waals surface area (Å²) in [5.41, 5.74) is 0. The predicted molar refractivity (Wildman–Crippen MR) is 80.2 cm³/mol. The van der Waals surface area contributed by atoms with Crippen molar-refractivity contribution in [3.8, 4) is 0 Å². The Morgan fingerprint density at radius 2 is 1.95 bits per heavy atom. The molecular formula is C15H27N3O3. The van der Waals surface area contributed by atoms with Crippen LogP contribution in [0.15, 0.2) is 0 Å². The van der Waals surface area contributed by atoms with Crippen LogP contribution in [0.2, 0.25) is 0 Å². The van der Waals surface area contributed by atoms with Crippen LogP contribution < -0.4 is 5.32 Å². The molecule has 3 atom stereocenters. The summed E-state index contributed by atoms with van der Waals surface area (Å²) < 4.78 is 0. The molecule has 0 radical (unpaired) electrons. The number of nitrogens with one attached hydrogen (secondary N) is 1. The number of amides is 2. The Morgan fingerprint density at radius 1 is 1.24 bits per heavy atom. The lowest BCUT2D eigenvalue weighted by Gasteiger charge is -2.26. The second-order valence-electron chi connectivity index (χ2n) is 6.10. The number of carbonyl (C=O) groups is 2. The maximum absolute atomic E-state index is 12.3. The van der Waals surface area contributed by atoms with Gasteiger partial charge in [-0.05, 0) is 38.8 Å². The summed E-state index contributed by atoms with van der Waals surface area (Å²) in [6.45, 7) is 7.90. The Morgan fingerprint density at radius 3 is 2.52 bits per heavy atom. The number of carboxylic acids is 1. The van der Waals surface area contributed by atoms with Crippen LogP contribution in [0.4, 0.5) is 4.79 Å². The number of hydrogen-bond acceptors (Lipinski definition) is 3. The number of rotatable bonds is 5. The van der Waals surface area contributed by atoms with E-state index in [9.17, 15) is 9.59 Å². The average molecular weight is 297 g/mol.